The molecule has 1 amide bonds. The molecule has 0 bridgehead atoms. The lowest BCUT2D eigenvalue weighted by Crippen LogP contribution is -2.14. The second-order valence-corrected chi connectivity index (χ2v) is 5.43. The molecule has 2 heterocycles. The average molecular weight is 294 g/mol. The number of nitrogens with one attached hydrogen (secondary N) is 1. The van der Waals surface area contributed by atoms with E-state index in [1.165, 1.54) is 0 Å². The number of nitrogens with zero attached hydrogens (tertiary/aromatic N) is 3. The lowest BCUT2D eigenvalue weighted by atomic mass is 10.1. The van der Waals surface area contributed by atoms with E-state index in [0.717, 1.165) is 17.0 Å². The fourth-order valence-corrected chi connectivity index (χ4v) is 2.35. The summed E-state index contributed by atoms with van der Waals surface area (Å²) in [5.41, 5.74) is 3.98. The molecule has 0 aliphatic rings. The van der Waals surface area contributed by atoms with Crippen LogP contribution >= 0.6 is 0 Å². The number of hydrogen-bond donors (Lipinski definition) is 1. The number of imidazole rings is 1. The van der Waals surface area contributed by atoms with E-state index in [9.17, 15) is 4.79 Å². The Kier molecular flexibility index (Phi) is 3.55. The smallest absolute Gasteiger partial charge is 0.255 e. The van der Waals surface area contributed by atoms with Gasteiger partial charge in [-0.3, -0.25) is 4.79 Å². The number of aryl methyl sites for hydroxylation is 1. The van der Waals surface area contributed by atoms with Crippen molar-refractivity contribution >= 4 is 22.9 Å². The quantitative estimate of drug-likeness (QED) is 0.808. The maximum absolute atomic E-state index is 12.5. The third-order valence-corrected chi connectivity index (χ3v) is 3.48. The molecule has 5 heteroatoms. The molecule has 0 aliphatic heterocycles. The molecule has 0 aliphatic carbocycles. The first kappa shape index (κ1) is 14.1. The second kappa shape index (κ2) is 5.52. The molecule has 3 rings (SSSR count). The molecule has 1 aromatic carbocycles. The van der Waals surface area contributed by atoms with Crippen LogP contribution < -0.4 is 10.2 Å². The second-order valence-electron chi connectivity index (χ2n) is 5.43. The van der Waals surface area contributed by atoms with Crippen molar-refractivity contribution in [2.24, 2.45) is 0 Å². The summed E-state index contributed by atoms with van der Waals surface area (Å²) in [6, 6.07) is 11.3. The van der Waals surface area contributed by atoms with E-state index in [1.807, 2.05) is 73.0 Å². The molecule has 0 unspecified atom stereocenters. The largest absolute Gasteiger partial charge is 0.378 e. The van der Waals surface area contributed by atoms with Crippen molar-refractivity contribution in [3.63, 3.8) is 0 Å². The van der Waals surface area contributed by atoms with Crippen LogP contribution in [-0.2, 0) is 0 Å². The number of anilines is 2. The van der Waals surface area contributed by atoms with Crippen LogP contribution in [0.25, 0.3) is 5.65 Å². The SMILES string of the molecule is Cc1cn2cccc(NC(=O)c3cccc(N(C)C)c3)c2n1. The molecule has 0 radical (unpaired) electrons. The maximum atomic E-state index is 12.5. The Morgan fingerprint density at radius 2 is 2.05 bits per heavy atom. The minimum Gasteiger partial charge on any atom is -0.378 e. The van der Waals surface area contributed by atoms with Crippen molar-refractivity contribution in [2.75, 3.05) is 24.3 Å². The van der Waals surface area contributed by atoms with Gasteiger partial charge in [0.25, 0.3) is 5.91 Å². The number of fused-ring (bicyclic) bond motifs is 1. The minimum atomic E-state index is -0.141. The first-order chi connectivity index (χ1) is 10.5. The van der Waals surface area contributed by atoms with Crippen LogP contribution in [0.2, 0.25) is 0 Å². The minimum absolute atomic E-state index is 0.141. The number of benzene rings is 1. The van der Waals surface area contributed by atoms with Gasteiger partial charge in [0, 0.05) is 37.7 Å². The fraction of sp³-hybridized carbons (Fsp3) is 0.176. The number of rotatable bonds is 3. The summed E-state index contributed by atoms with van der Waals surface area (Å²) in [4.78, 5) is 18.9. The number of amides is 1. The van der Waals surface area contributed by atoms with Crippen molar-refractivity contribution in [3.8, 4) is 0 Å². The van der Waals surface area contributed by atoms with E-state index < -0.39 is 0 Å². The summed E-state index contributed by atoms with van der Waals surface area (Å²) in [5.74, 6) is -0.141. The zero-order valence-electron chi connectivity index (χ0n) is 12.9. The Labute approximate surface area is 129 Å². The van der Waals surface area contributed by atoms with Gasteiger partial charge in [-0.1, -0.05) is 6.07 Å². The number of hydrogen-bond acceptors (Lipinski definition) is 3. The molecular formula is C17H18N4O. The summed E-state index contributed by atoms with van der Waals surface area (Å²) in [6.45, 7) is 1.93. The molecule has 0 saturated heterocycles. The van der Waals surface area contributed by atoms with E-state index >= 15 is 0 Å². The summed E-state index contributed by atoms with van der Waals surface area (Å²) in [6.07, 6.45) is 3.84. The van der Waals surface area contributed by atoms with Crippen molar-refractivity contribution in [3.05, 3.63) is 60.0 Å². The lowest BCUT2D eigenvalue weighted by Gasteiger charge is -2.13. The molecule has 22 heavy (non-hydrogen) atoms. The Balaban J connectivity index is 1.91. The monoisotopic (exact) mass is 294 g/mol. The Morgan fingerprint density at radius 1 is 1.23 bits per heavy atom. The van der Waals surface area contributed by atoms with Crippen LogP contribution in [0, 0.1) is 6.92 Å². The Bertz CT molecular complexity index is 836. The number of carbonyl (C=O) groups excluding carboxylic acids is 1. The molecule has 0 fully saturated rings. The summed E-state index contributed by atoms with van der Waals surface area (Å²) < 4.78 is 1.90. The molecule has 5 nitrogen and oxygen atoms in total. The fourth-order valence-electron chi connectivity index (χ4n) is 2.35. The maximum Gasteiger partial charge on any atom is 0.255 e. The van der Waals surface area contributed by atoms with Crippen molar-refractivity contribution in [2.45, 2.75) is 6.92 Å². The molecule has 0 saturated carbocycles. The van der Waals surface area contributed by atoms with Gasteiger partial charge in [0.1, 0.15) is 0 Å². The molecular weight excluding hydrogens is 276 g/mol. The highest BCUT2D eigenvalue weighted by Gasteiger charge is 2.11. The van der Waals surface area contributed by atoms with Crippen LogP contribution in [-0.4, -0.2) is 29.4 Å². The predicted octanol–water partition coefficient (Wildman–Crippen LogP) is 2.96. The normalized spacial score (nSPS) is 10.7. The van der Waals surface area contributed by atoms with Crippen LogP contribution in [0.3, 0.4) is 0 Å². The summed E-state index contributed by atoms with van der Waals surface area (Å²) >= 11 is 0. The van der Waals surface area contributed by atoms with E-state index in [2.05, 4.69) is 10.3 Å². The van der Waals surface area contributed by atoms with Gasteiger partial charge in [0.15, 0.2) is 5.65 Å². The van der Waals surface area contributed by atoms with Gasteiger partial charge in [-0.2, -0.15) is 0 Å². The number of pyridine rings is 1. The van der Waals surface area contributed by atoms with Gasteiger partial charge >= 0.3 is 0 Å². The molecule has 0 atom stereocenters. The zero-order valence-corrected chi connectivity index (χ0v) is 12.9. The van der Waals surface area contributed by atoms with Gasteiger partial charge in [0.05, 0.1) is 11.4 Å². The highest BCUT2D eigenvalue weighted by atomic mass is 16.1. The van der Waals surface area contributed by atoms with Gasteiger partial charge in [0.2, 0.25) is 0 Å². The molecule has 1 N–H and O–H groups in total. The van der Waals surface area contributed by atoms with E-state index in [1.54, 1.807) is 6.07 Å². The van der Waals surface area contributed by atoms with Crippen molar-refractivity contribution in [1.82, 2.24) is 9.38 Å². The van der Waals surface area contributed by atoms with Crippen molar-refractivity contribution in [1.29, 1.82) is 0 Å². The number of aromatic nitrogens is 2. The predicted molar refractivity (Wildman–Crippen MR) is 88.7 cm³/mol. The molecule has 2 aromatic heterocycles. The molecule has 0 spiro atoms. The van der Waals surface area contributed by atoms with Gasteiger partial charge in [-0.15, -0.1) is 0 Å². The average Bonchev–Trinajstić information content (AvgIpc) is 2.88. The standard InChI is InChI=1S/C17H18N4O/c1-12-11-21-9-5-8-15(16(21)18-12)19-17(22)13-6-4-7-14(10-13)20(2)3/h4-11H,1-3H3,(H,19,22). The van der Waals surface area contributed by atoms with Gasteiger partial charge < -0.3 is 14.6 Å². The highest BCUT2D eigenvalue weighted by molar-refractivity contribution is 6.06. The summed E-state index contributed by atoms with van der Waals surface area (Å²) in [7, 11) is 3.90. The summed E-state index contributed by atoms with van der Waals surface area (Å²) in [5, 5.41) is 2.94. The topological polar surface area (TPSA) is 49.6 Å². The van der Waals surface area contributed by atoms with Crippen LogP contribution in [0.5, 0.6) is 0 Å². The third kappa shape index (κ3) is 2.65. The first-order valence-corrected chi connectivity index (χ1v) is 7.07. The van der Waals surface area contributed by atoms with Gasteiger partial charge in [-0.05, 0) is 37.3 Å². The van der Waals surface area contributed by atoms with Gasteiger partial charge in [-0.25, -0.2) is 4.98 Å². The van der Waals surface area contributed by atoms with E-state index in [-0.39, 0.29) is 5.91 Å². The third-order valence-electron chi connectivity index (χ3n) is 3.48. The van der Waals surface area contributed by atoms with Crippen molar-refractivity contribution < 1.29 is 4.79 Å². The Hall–Kier alpha value is -2.82. The lowest BCUT2D eigenvalue weighted by molar-refractivity contribution is 0.102. The first-order valence-electron chi connectivity index (χ1n) is 7.07. The van der Waals surface area contributed by atoms with Crippen LogP contribution in [0.4, 0.5) is 11.4 Å². The zero-order chi connectivity index (χ0) is 15.7. The van der Waals surface area contributed by atoms with Crippen LogP contribution in [0.15, 0.2) is 48.8 Å². The highest BCUT2D eigenvalue weighted by Crippen LogP contribution is 2.19. The van der Waals surface area contributed by atoms with E-state index in [0.29, 0.717) is 11.3 Å². The number of carbonyl (C=O) groups is 1. The van der Waals surface area contributed by atoms with Crippen LogP contribution in [0.1, 0.15) is 16.1 Å². The molecule has 3 aromatic rings. The Morgan fingerprint density at radius 3 is 2.82 bits per heavy atom. The molecule has 112 valence electrons. The van der Waals surface area contributed by atoms with E-state index in [4.69, 9.17) is 0 Å².